The molecule has 2 aromatic heterocycles. The first-order chi connectivity index (χ1) is 10.3. The Morgan fingerprint density at radius 3 is 3.19 bits per heavy atom. The smallest absolute Gasteiger partial charge is 0.272 e. The zero-order chi connectivity index (χ0) is 14.7. The fourth-order valence-corrected chi connectivity index (χ4v) is 4.36. The van der Waals surface area contributed by atoms with Crippen LogP contribution in [-0.2, 0) is 0 Å². The van der Waals surface area contributed by atoms with Gasteiger partial charge in [0, 0.05) is 17.5 Å². The number of piperidine rings is 1. The molecular weight excluding hydrogens is 304 g/mol. The predicted octanol–water partition coefficient (Wildman–Crippen LogP) is 2.41. The molecule has 1 amide bonds. The summed E-state index contributed by atoms with van der Waals surface area (Å²) in [6.07, 6.45) is 3.84. The molecule has 1 saturated heterocycles. The molecule has 7 heteroatoms. The minimum Gasteiger partial charge on any atom is -0.350 e. The van der Waals surface area contributed by atoms with Crippen molar-refractivity contribution in [3.05, 3.63) is 34.3 Å². The number of likely N-dealkylation sites (tertiary alicyclic amines) is 1. The summed E-state index contributed by atoms with van der Waals surface area (Å²) in [5.41, 5.74) is 0.414. The first-order valence-corrected chi connectivity index (χ1v) is 8.66. The number of amides is 1. The highest BCUT2D eigenvalue weighted by molar-refractivity contribution is 7.10. The second-order valence-corrected chi connectivity index (χ2v) is 6.88. The molecule has 3 heterocycles. The van der Waals surface area contributed by atoms with Gasteiger partial charge in [0.05, 0.1) is 17.9 Å². The summed E-state index contributed by atoms with van der Waals surface area (Å²) in [4.78, 5) is 15.8. The summed E-state index contributed by atoms with van der Waals surface area (Å²) >= 11 is 2.85. The van der Waals surface area contributed by atoms with Crippen LogP contribution in [0.4, 0.5) is 0 Å². The number of thiophene rings is 1. The van der Waals surface area contributed by atoms with Gasteiger partial charge in [0.15, 0.2) is 5.69 Å². The molecular formula is C14H18N4OS2. The van der Waals surface area contributed by atoms with Gasteiger partial charge in [-0.25, -0.2) is 0 Å². The summed E-state index contributed by atoms with van der Waals surface area (Å²) < 4.78 is 7.84. The molecule has 0 aliphatic carbocycles. The number of hydrogen-bond acceptors (Lipinski definition) is 6. The molecule has 2 atom stereocenters. The average molecular weight is 322 g/mol. The number of carbonyl (C=O) groups excluding carboxylic acids is 1. The van der Waals surface area contributed by atoms with Crippen LogP contribution in [0.25, 0.3) is 0 Å². The van der Waals surface area contributed by atoms with E-state index in [1.165, 1.54) is 17.5 Å². The maximum atomic E-state index is 12.0. The zero-order valence-corrected chi connectivity index (χ0v) is 13.5. The third kappa shape index (κ3) is 3.30. The van der Waals surface area contributed by atoms with Crippen LogP contribution in [0.3, 0.4) is 0 Å². The molecule has 1 aliphatic rings. The second-order valence-electron chi connectivity index (χ2n) is 5.35. The number of nitrogens with zero attached hydrogens (tertiary/aromatic N) is 3. The standard InChI is InChI=1S/C14H18N4OS2/c1-18-6-2-4-10(13(18)12-5-3-7-20-12)8-15-14(19)11-9-16-21-17-11/h3,5,7,9-10,13H,2,4,6,8H2,1H3,(H,15,19)/t10-,13+/m0/s1. The lowest BCUT2D eigenvalue weighted by atomic mass is 9.88. The van der Waals surface area contributed by atoms with Crippen LogP contribution in [0, 0.1) is 5.92 Å². The molecule has 112 valence electrons. The van der Waals surface area contributed by atoms with Gasteiger partial charge in [-0.2, -0.15) is 8.75 Å². The highest BCUT2D eigenvalue weighted by atomic mass is 32.1. The van der Waals surface area contributed by atoms with Crippen molar-refractivity contribution in [2.75, 3.05) is 20.1 Å². The molecule has 1 aliphatic heterocycles. The largest absolute Gasteiger partial charge is 0.350 e. The molecule has 0 unspecified atom stereocenters. The molecule has 5 nitrogen and oxygen atoms in total. The van der Waals surface area contributed by atoms with Crippen molar-refractivity contribution in [1.82, 2.24) is 19.0 Å². The molecule has 1 N–H and O–H groups in total. The van der Waals surface area contributed by atoms with Crippen molar-refractivity contribution >= 4 is 29.0 Å². The summed E-state index contributed by atoms with van der Waals surface area (Å²) in [7, 11) is 2.17. The van der Waals surface area contributed by atoms with Crippen molar-refractivity contribution in [2.45, 2.75) is 18.9 Å². The quantitative estimate of drug-likeness (QED) is 0.939. The number of nitrogens with one attached hydrogen (secondary N) is 1. The second kappa shape index (κ2) is 6.64. The van der Waals surface area contributed by atoms with E-state index in [1.54, 1.807) is 11.3 Å². The van der Waals surface area contributed by atoms with Crippen molar-refractivity contribution in [2.24, 2.45) is 5.92 Å². The lowest BCUT2D eigenvalue weighted by molar-refractivity contribution is 0.0891. The minimum absolute atomic E-state index is 0.123. The monoisotopic (exact) mass is 322 g/mol. The van der Waals surface area contributed by atoms with Gasteiger partial charge in [0.2, 0.25) is 0 Å². The molecule has 21 heavy (non-hydrogen) atoms. The number of rotatable bonds is 4. The maximum Gasteiger partial charge on any atom is 0.272 e. The Balaban J connectivity index is 1.66. The third-order valence-electron chi connectivity index (χ3n) is 3.96. The van der Waals surface area contributed by atoms with Crippen molar-refractivity contribution in [3.8, 4) is 0 Å². The molecule has 0 bridgehead atoms. The predicted molar refractivity (Wildman–Crippen MR) is 84.7 cm³/mol. The van der Waals surface area contributed by atoms with E-state index in [0.717, 1.165) is 24.7 Å². The van der Waals surface area contributed by atoms with Crippen LogP contribution in [0.1, 0.15) is 34.2 Å². The molecule has 0 saturated carbocycles. The van der Waals surface area contributed by atoms with Gasteiger partial charge in [0.25, 0.3) is 5.91 Å². The fraction of sp³-hybridized carbons (Fsp3) is 0.500. The van der Waals surface area contributed by atoms with Gasteiger partial charge in [0.1, 0.15) is 0 Å². The molecule has 1 fully saturated rings. The zero-order valence-electron chi connectivity index (χ0n) is 11.9. The van der Waals surface area contributed by atoms with E-state index in [9.17, 15) is 4.79 Å². The summed E-state index contributed by atoms with van der Waals surface area (Å²) in [6, 6.07) is 4.68. The first-order valence-electron chi connectivity index (χ1n) is 7.05. The van der Waals surface area contributed by atoms with Crippen molar-refractivity contribution in [1.29, 1.82) is 0 Å². The van der Waals surface area contributed by atoms with E-state index in [-0.39, 0.29) is 5.91 Å². The first kappa shape index (κ1) is 14.6. The molecule has 0 radical (unpaired) electrons. The Hall–Kier alpha value is -1.31. The van der Waals surface area contributed by atoms with E-state index in [0.29, 0.717) is 24.2 Å². The van der Waals surface area contributed by atoms with Crippen LogP contribution >= 0.6 is 23.1 Å². The number of carbonyl (C=O) groups is 1. The molecule has 0 aromatic carbocycles. The Morgan fingerprint density at radius 1 is 1.57 bits per heavy atom. The van der Waals surface area contributed by atoms with Gasteiger partial charge < -0.3 is 5.32 Å². The van der Waals surface area contributed by atoms with E-state index >= 15 is 0 Å². The summed E-state index contributed by atoms with van der Waals surface area (Å²) in [6.45, 7) is 1.80. The van der Waals surface area contributed by atoms with Crippen LogP contribution in [0.15, 0.2) is 23.7 Å². The number of aromatic nitrogens is 2. The van der Waals surface area contributed by atoms with Gasteiger partial charge in [-0.1, -0.05) is 6.07 Å². The molecule has 0 spiro atoms. The normalized spacial score (nSPS) is 23.1. The Morgan fingerprint density at radius 2 is 2.48 bits per heavy atom. The minimum atomic E-state index is -0.123. The van der Waals surface area contributed by atoms with E-state index in [1.807, 2.05) is 0 Å². The van der Waals surface area contributed by atoms with Crippen molar-refractivity contribution < 1.29 is 4.79 Å². The van der Waals surface area contributed by atoms with Crippen LogP contribution < -0.4 is 5.32 Å². The Bertz CT molecular complexity index is 570. The highest BCUT2D eigenvalue weighted by Gasteiger charge is 2.31. The van der Waals surface area contributed by atoms with E-state index in [2.05, 4.69) is 43.5 Å². The van der Waals surface area contributed by atoms with Gasteiger partial charge in [-0.15, -0.1) is 11.3 Å². The van der Waals surface area contributed by atoms with Gasteiger partial charge in [-0.3, -0.25) is 9.69 Å². The Labute approximate surface area is 132 Å². The third-order valence-corrected chi connectivity index (χ3v) is 5.38. The Kier molecular flexibility index (Phi) is 4.62. The summed E-state index contributed by atoms with van der Waals surface area (Å²) in [5.74, 6) is 0.319. The van der Waals surface area contributed by atoms with Gasteiger partial charge in [-0.05, 0) is 43.8 Å². The number of hydrogen-bond donors (Lipinski definition) is 1. The fourth-order valence-electron chi connectivity index (χ4n) is 2.96. The summed E-state index contributed by atoms with van der Waals surface area (Å²) in [5, 5.41) is 5.13. The van der Waals surface area contributed by atoms with E-state index in [4.69, 9.17) is 0 Å². The van der Waals surface area contributed by atoms with E-state index < -0.39 is 0 Å². The topological polar surface area (TPSA) is 58.1 Å². The van der Waals surface area contributed by atoms with Crippen LogP contribution in [0.5, 0.6) is 0 Å². The van der Waals surface area contributed by atoms with Crippen molar-refractivity contribution in [3.63, 3.8) is 0 Å². The molecule has 3 rings (SSSR count). The lowest BCUT2D eigenvalue weighted by Crippen LogP contribution is -2.41. The lowest BCUT2D eigenvalue weighted by Gasteiger charge is -2.38. The average Bonchev–Trinajstić information content (AvgIpc) is 3.17. The van der Waals surface area contributed by atoms with Crippen LogP contribution in [0.2, 0.25) is 0 Å². The SMILES string of the molecule is CN1CCC[C@@H](CNC(=O)c2cnsn2)[C@@H]1c1cccs1. The highest BCUT2D eigenvalue weighted by Crippen LogP contribution is 2.36. The van der Waals surface area contributed by atoms with Gasteiger partial charge >= 0.3 is 0 Å². The molecule has 2 aromatic rings. The maximum absolute atomic E-state index is 12.0. The van der Waals surface area contributed by atoms with Crippen LogP contribution in [-0.4, -0.2) is 39.7 Å².